The number of hydrogen-bond acceptors (Lipinski definition) is 14. The van der Waals surface area contributed by atoms with Gasteiger partial charge in [-0.2, -0.15) is 0 Å². The Bertz CT molecular complexity index is 1110. The number of carbonyl (C=O) groups excluding carboxylic acids is 1. The maximum absolute atomic E-state index is 12.9. The van der Waals surface area contributed by atoms with E-state index in [-0.39, 0.29) is 5.69 Å². The second-order valence-corrected chi connectivity index (χ2v) is 10.6. The van der Waals surface area contributed by atoms with Crippen LogP contribution in [-0.2, 0) is 33.8 Å². The lowest BCUT2D eigenvalue weighted by molar-refractivity contribution is -0.384. The minimum Gasteiger partial charge on any atom is -0.394 e. The van der Waals surface area contributed by atoms with Crippen molar-refractivity contribution in [2.24, 2.45) is 0 Å². The molecule has 0 aromatic heterocycles. The van der Waals surface area contributed by atoms with E-state index >= 15 is 0 Å². The highest BCUT2D eigenvalue weighted by Crippen LogP contribution is 2.30. The van der Waals surface area contributed by atoms with Crippen LogP contribution in [0.4, 0.5) is 5.69 Å². The fraction of sp³-hybridized carbons (Fsp3) is 0.667. The largest absolute Gasteiger partial charge is 0.394 e. The van der Waals surface area contributed by atoms with Crippen molar-refractivity contribution in [2.75, 3.05) is 20.3 Å². The number of sulfonamides is 1. The van der Waals surface area contributed by atoms with Gasteiger partial charge in [0.25, 0.3) is 5.69 Å². The molecule has 0 bridgehead atoms. The van der Waals surface area contributed by atoms with Crippen LogP contribution in [0.25, 0.3) is 0 Å². The number of rotatable bonds is 10. The first kappa shape index (κ1) is 31.2. The van der Waals surface area contributed by atoms with E-state index in [1.807, 2.05) is 0 Å². The van der Waals surface area contributed by atoms with Gasteiger partial charge in [-0.1, -0.05) is 0 Å². The number of methoxy groups -OCH3 is 1. The molecule has 1 aromatic carbocycles. The van der Waals surface area contributed by atoms with Crippen LogP contribution in [0.15, 0.2) is 29.2 Å². The smallest absolute Gasteiger partial charge is 0.269 e. The summed E-state index contributed by atoms with van der Waals surface area (Å²) in [5, 5.41) is 65.3. The minimum atomic E-state index is -4.48. The molecule has 2 fully saturated rings. The molecule has 2 aliphatic rings. The third-order valence-electron chi connectivity index (χ3n) is 6.28. The number of ether oxygens (including phenoxy) is 4. The highest BCUT2D eigenvalue weighted by atomic mass is 32.2. The Kier molecular flexibility index (Phi) is 10.3. The molecule has 0 aliphatic carbocycles. The predicted octanol–water partition coefficient (Wildman–Crippen LogP) is -3.70. The third-order valence-corrected chi connectivity index (χ3v) is 7.76. The molecule has 2 heterocycles. The first-order chi connectivity index (χ1) is 18.3. The molecule has 0 unspecified atom stereocenters. The van der Waals surface area contributed by atoms with Crippen LogP contribution >= 0.6 is 0 Å². The molecule has 17 nitrogen and oxygen atoms in total. The first-order valence-electron chi connectivity index (χ1n) is 11.6. The first-order valence-corrected chi connectivity index (χ1v) is 13.1. The maximum Gasteiger partial charge on any atom is 0.269 e. The summed E-state index contributed by atoms with van der Waals surface area (Å²) in [4.78, 5) is 21.4. The summed E-state index contributed by atoms with van der Waals surface area (Å²) in [5.41, 5.74) is -0.367. The van der Waals surface area contributed by atoms with E-state index in [0.717, 1.165) is 24.3 Å². The van der Waals surface area contributed by atoms with Gasteiger partial charge in [-0.05, 0) is 12.1 Å². The summed E-state index contributed by atoms with van der Waals surface area (Å²) in [6, 6.07) is 0.890. The molecule has 3 rings (SSSR count). The molecule has 2 aliphatic heterocycles. The second kappa shape index (κ2) is 12.9. The average Bonchev–Trinajstić information content (AvgIpc) is 2.90. The van der Waals surface area contributed by atoms with E-state index in [0.29, 0.717) is 0 Å². The highest BCUT2D eigenvalue weighted by molar-refractivity contribution is 7.89. The number of aliphatic hydroxyl groups is 5. The second-order valence-electron chi connectivity index (χ2n) is 8.88. The number of amides is 1. The fourth-order valence-electron chi connectivity index (χ4n) is 4.31. The molecule has 1 amide bonds. The number of nitro benzene ring substituents is 1. The fourth-order valence-corrected chi connectivity index (χ4v) is 5.58. The van der Waals surface area contributed by atoms with E-state index in [1.165, 1.54) is 14.0 Å². The van der Waals surface area contributed by atoms with E-state index in [2.05, 4.69) is 10.0 Å². The molecule has 18 heteroatoms. The summed E-state index contributed by atoms with van der Waals surface area (Å²) < 4.78 is 49.8. The van der Waals surface area contributed by atoms with E-state index in [1.54, 1.807) is 0 Å². The average molecular weight is 582 g/mol. The number of nitrogens with zero attached hydrogens (tertiary/aromatic N) is 1. The van der Waals surface area contributed by atoms with Gasteiger partial charge in [0.1, 0.15) is 42.7 Å². The van der Waals surface area contributed by atoms with Crippen LogP contribution in [-0.4, -0.2) is 126 Å². The lowest BCUT2D eigenvalue weighted by atomic mass is 9.95. The van der Waals surface area contributed by atoms with Gasteiger partial charge >= 0.3 is 0 Å². The summed E-state index contributed by atoms with van der Waals surface area (Å²) in [6.45, 7) is -0.368. The molecule has 10 atom stereocenters. The van der Waals surface area contributed by atoms with Crippen molar-refractivity contribution >= 4 is 21.6 Å². The Hall–Kier alpha value is -2.36. The van der Waals surface area contributed by atoms with Gasteiger partial charge < -0.3 is 49.8 Å². The zero-order chi connectivity index (χ0) is 29.1. The van der Waals surface area contributed by atoms with Crippen molar-refractivity contribution in [3.05, 3.63) is 34.4 Å². The van der Waals surface area contributed by atoms with Gasteiger partial charge in [0, 0.05) is 26.2 Å². The van der Waals surface area contributed by atoms with Crippen molar-refractivity contribution in [3.8, 4) is 0 Å². The van der Waals surface area contributed by atoms with E-state index in [9.17, 15) is 48.9 Å². The predicted molar refractivity (Wildman–Crippen MR) is 126 cm³/mol. The van der Waals surface area contributed by atoms with Crippen LogP contribution in [0, 0.1) is 10.1 Å². The molecule has 0 spiro atoms. The summed E-state index contributed by atoms with van der Waals surface area (Å²) in [6.07, 6.45) is -12.5. The van der Waals surface area contributed by atoms with Gasteiger partial charge in [0.15, 0.2) is 12.6 Å². The lowest BCUT2D eigenvalue weighted by Gasteiger charge is -2.47. The molecule has 0 radical (unpaired) electrons. The van der Waals surface area contributed by atoms with E-state index < -0.39 is 100 Å². The minimum absolute atomic E-state index is 0.367. The highest BCUT2D eigenvalue weighted by Gasteiger charge is 2.52. The molecule has 2 saturated heterocycles. The maximum atomic E-state index is 12.9. The van der Waals surface area contributed by atoms with Crippen molar-refractivity contribution in [3.63, 3.8) is 0 Å². The molecular formula is C21H31N3O14S. The number of hydrogen-bond donors (Lipinski definition) is 7. The van der Waals surface area contributed by atoms with Crippen LogP contribution in [0.5, 0.6) is 0 Å². The van der Waals surface area contributed by atoms with Crippen LogP contribution in [0.2, 0.25) is 0 Å². The van der Waals surface area contributed by atoms with Crippen molar-refractivity contribution in [1.29, 1.82) is 0 Å². The number of aliphatic hydroxyl groups excluding tert-OH is 5. The molecule has 0 saturated carbocycles. The Morgan fingerprint density at radius 3 is 2.10 bits per heavy atom. The molecule has 7 N–H and O–H groups in total. The number of nitro groups is 1. The van der Waals surface area contributed by atoms with Crippen LogP contribution < -0.4 is 10.0 Å². The van der Waals surface area contributed by atoms with Crippen LogP contribution in [0.1, 0.15) is 6.92 Å². The quantitative estimate of drug-likeness (QED) is 0.104. The van der Waals surface area contributed by atoms with Gasteiger partial charge in [-0.15, -0.1) is 0 Å². The Balaban J connectivity index is 1.85. The van der Waals surface area contributed by atoms with Gasteiger partial charge in [-0.25, -0.2) is 13.1 Å². The number of carbonyl (C=O) groups is 1. The molecule has 1 aromatic rings. The summed E-state index contributed by atoms with van der Waals surface area (Å²) >= 11 is 0. The molecule has 220 valence electrons. The molecule has 39 heavy (non-hydrogen) atoms. The summed E-state index contributed by atoms with van der Waals surface area (Å²) in [5.74, 6) is -0.552. The normalized spacial score (nSPS) is 35.4. The lowest BCUT2D eigenvalue weighted by Crippen LogP contribution is -2.69. The Morgan fingerprint density at radius 1 is 1.00 bits per heavy atom. The standard InChI is InChI=1S/C21H31N3O14S/c1-9(27)22-15-17(29)19(13(8-26)37-20(15)35-2)38-21-18(30)14(16(28)12(7-25)36-21)23-39(33,34)11-5-3-10(4-6-11)24(31)32/h3-6,12-21,23,25-26,28-30H,7-8H2,1-2H3,(H,22,27)/t12-,13-,14-,15+,16+,17-,18-,19-,20+,21+/m1/s1. The topological polar surface area (TPSA) is 256 Å². The monoisotopic (exact) mass is 581 g/mol. The zero-order valence-electron chi connectivity index (χ0n) is 20.8. The van der Waals surface area contributed by atoms with Crippen molar-refractivity contribution in [2.45, 2.75) is 73.1 Å². The van der Waals surface area contributed by atoms with Gasteiger partial charge in [0.05, 0.1) is 29.1 Å². The SMILES string of the molecule is CO[C@H]1O[C@H](CO)[C@@H](O[C@@H]2O[C@H](CO)[C@H](O)[C@@H](NS(=O)(=O)c3ccc([N+](=O)[O-])cc3)[C@H]2O)[C@H](O)[C@@H]1NC(C)=O. The van der Waals surface area contributed by atoms with Crippen LogP contribution in [0.3, 0.4) is 0 Å². The Morgan fingerprint density at radius 2 is 1.59 bits per heavy atom. The van der Waals surface area contributed by atoms with E-state index in [4.69, 9.17) is 18.9 Å². The number of non-ortho nitro benzene ring substituents is 1. The number of benzene rings is 1. The number of nitrogens with one attached hydrogen (secondary N) is 2. The van der Waals surface area contributed by atoms with Crippen molar-refractivity contribution < 1.29 is 62.6 Å². The third kappa shape index (κ3) is 6.87. The zero-order valence-corrected chi connectivity index (χ0v) is 21.6. The molecular weight excluding hydrogens is 550 g/mol. The van der Waals surface area contributed by atoms with Crippen molar-refractivity contribution in [1.82, 2.24) is 10.0 Å². The Labute approximate surface area is 222 Å². The van der Waals surface area contributed by atoms with Gasteiger partial charge in [0.2, 0.25) is 15.9 Å². The van der Waals surface area contributed by atoms with Gasteiger partial charge in [-0.3, -0.25) is 14.9 Å². The summed E-state index contributed by atoms with van der Waals surface area (Å²) in [7, 11) is -3.24.